The third kappa shape index (κ3) is 4.44. The van der Waals surface area contributed by atoms with E-state index in [0.717, 1.165) is 23.7 Å². The minimum atomic E-state index is 0.126. The van der Waals surface area contributed by atoms with Crippen molar-refractivity contribution in [2.75, 3.05) is 0 Å². The molecule has 0 nitrogen and oxygen atoms in total. The monoisotopic (exact) mass is 770 g/mol. The SMILES string of the molecule is c1ccc2c3c(ccc2c1)-c1cc(-c2c4ccccc4c(-c4ccc(-c5ccc6c(c5)sc5ccccc56)cc4)c4ccccc24)ccc1C31C2CC3CC(C2)CC1C3. The van der Waals surface area contributed by atoms with Gasteiger partial charge in [-0.2, -0.15) is 0 Å². The van der Waals surface area contributed by atoms with Crippen LogP contribution in [-0.4, -0.2) is 0 Å². The highest BCUT2D eigenvalue weighted by Gasteiger charge is 2.62. The molecule has 0 amide bonds. The Bertz CT molecular complexity index is 3310. The Labute approximate surface area is 348 Å². The Hall–Kier alpha value is -6.02. The molecule has 0 radical (unpaired) electrons. The first-order valence-electron chi connectivity index (χ1n) is 21.8. The molecular weight excluding hydrogens is 729 g/mol. The van der Waals surface area contributed by atoms with Gasteiger partial charge in [-0.3, -0.25) is 0 Å². The number of benzene rings is 9. The number of hydrogen-bond donors (Lipinski definition) is 0. The van der Waals surface area contributed by atoms with Crippen molar-refractivity contribution in [2.24, 2.45) is 23.7 Å². The van der Waals surface area contributed by atoms with Gasteiger partial charge >= 0.3 is 0 Å². The van der Waals surface area contributed by atoms with Crippen LogP contribution in [0.1, 0.15) is 43.2 Å². The van der Waals surface area contributed by atoms with E-state index in [1.54, 1.807) is 11.1 Å². The smallest absolute Gasteiger partial charge is 0.0361 e. The minimum Gasteiger partial charge on any atom is -0.135 e. The molecule has 0 saturated heterocycles. The lowest BCUT2D eigenvalue weighted by atomic mass is 9.43. The lowest BCUT2D eigenvalue weighted by molar-refractivity contribution is -0.0393. The molecule has 280 valence electrons. The summed E-state index contributed by atoms with van der Waals surface area (Å²) in [5, 5.41) is 10.8. The molecule has 10 aromatic rings. The van der Waals surface area contributed by atoms with Crippen molar-refractivity contribution < 1.29 is 0 Å². The van der Waals surface area contributed by atoms with Crippen LogP contribution < -0.4 is 0 Å². The zero-order chi connectivity index (χ0) is 38.4. The quantitative estimate of drug-likeness (QED) is 0.157. The predicted molar refractivity (Wildman–Crippen MR) is 251 cm³/mol. The summed E-state index contributed by atoms with van der Waals surface area (Å²) in [6.07, 6.45) is 7.07. The second kappa shape index (κ2) is 12.0. The van der Waals surface area contributed by atoms with Gasteiger partial charge in [0.2, 0.25) is 0 Å². The Morgan fingerprint density at radius 2 is 0.915 bits per heavy atom. The van der Waals surface area contributed by atoms with Gasteiger partial charge in [-0.05, 0) is 162 Å². The van der Waals surface area contributed by atoms with Crippen molar-refractivity contribution in [3.63, 3.8) is 0 Å². The van der Waals surface area contributed by atoms with Crippen LogP contribution >= 0.6 is 11.3 Å². The van der Waals surface area contributed by atoms with Crippen molar-refractivity contribution in [1.82, 2.24) is 0 Å². The van der Waals surface area contributed by atoms with E-state index < -0.39 is 0 Å². The molecule has 0 aliphatic heterocycles. The van der Waals surface area contributed by atoms with Crippen molar-refractivity contribution in [2.45, 2.75) is 37.5 Å². The van der Waals surface area contributed by atoms with Crippen LogP contribution in [-0.2, 0) is 5.41 Å². The van der Waals surface area contributed by atoms with E-state index in [0.29, 0.717) is 0 Å². The molecule has 0 N–H and O–H groups in total. The molecule has 0 atom stereocenters. The molecule has 1 aromatic heterocycles. The maximum atomic E-state index is 2.61. The lowest BCUT2D eigenvalue weighted by Gasteiger charge is -2.61. The van der Waals surface area contributed by atoms with Crippen LogP contribution in [0, 0.1) is 23.7 Å². The summed E-state index contributed by atoms with van der Waals surface area (Å²) in [5.41, 5.74) is 14.2. The molecule has 1 heterocycles. The van der Waals surface area contributed by atoms with E-state index >= 15 is 0 Å². The lowest BCUT2D eigenvalue weighted by Crippen LogP contribution is -2.55. The van der Waals surface area contributed by atoms with E-state index in [4.69, 9.17) is 0 Å². The second-order valence-electron chi connectivity index (χ2n) is 18.4. The summed E-state index contributed by atoms with van der Waals surface area (Å²) in [7, 11) is 0. The fourth-order valence-corrected chi connectivity index (χ4v) is 14.8. The molecule has 4 fully saturated rings. The highest BCUT2D eigenvalue weighted by Crippen LogP contribution is 2.70. The van der Waals surface area contributed by atoms with Crippen molar-refractivity contribution in [1.29, 1.82) is 0 Å². The first-order chi connectivity index (χ1) is 29.2. The molecule has 0 unspecified atom stereocenters. The molecule has 5 aliphatic carbocycles. The topological polar surface area (TPSA) is 0 Å². The van der Waals surface area contributed by atoms with Crippen LogP contribution in [0.2, 0.25) is 0 Å². The van der Waals surface area contributed by atoms with Crippen LogP contribution in [0.5, 0.6) is 0 Å². The maximum Gasteiger partial charge on any atom is 0.0361 e. The second-order valence-corrected chi connectivity index (χ2v) is 19.5. The van der Waals surface area contributed by atoms with E-state index in [-0.39, 0.29) is 5.41 Å². The van der Waals surface area contributed by atoms with Gasteiger partial charge in [0, 0.05) is 25.6 Å². The Kier molecular flexibility index (Phi) is 6.70. The predicted octanol–water partition coefficient (Wildman–Crippen LogP) is 16.2. The minimum absolute atomic E-state index is 0.126. The van der Waals surface area contributed by atoms with Crippen LogP contribution in [0.15, 0.2) is 170 Å². The molecule has 4 saturated carbocycles. The van der Waals surface area contributed by atoms with E-state index in [2.05, 4.69) is 170 Å². The largest absolute Gasteiger partial charge is 0.135 e. The normalized spacial score (nSPS) is 22.6. The number of fused-ring (bicyclic) bond motifs is 10. The average Bonchev–Trinajstić information content (AvgIpc) is 3.80. The first kappa shape index (κ1) is 32.9. The summed E-state index contributed by atoms with van der Waals surface area (Å²) in [5.74, 6) is 3.32. The Balaban J connectivity index is 0.941. The summed E-state index contributed by atoms with van der Waals surface area (Å²) < 4.78 is 2.69. The number of thiophene rings is 1. The van der Waals surface area contributed by atoms with Gasteiger partial charge < -0.3 is 0 Å². The van der Waals surface area contributed by atoms with Crippen molar-refractivity contribution in [3.8, 4) is 44.5 Å². The average molecular weight is 771 g/mol. The molecule has 15 rings (SSSR count). The van der Waals surface area contributed by atoms with Gasteiger partial charge in [-0.15, -0.1) is 11.3 Å². The van der Waals surface area contributed by atoms with Crippen LogP contribution in [0.3, 0.4) is 0 Å². The maximum absolute atomic E-state index is 2.61. The van der Waals surface area contributed by atoms with E-state index in [1.807, 2.05) is 11.3 Å². The highest BCUT2D eigenvalue weighted by molar-refractivity contribution is 7.25. The fraction of sp³-hybridized carbons (Fsp3) is 0.172. The van der Waals surface area contributed by atoms with Crippen molar-refractivity contribution in [3.05, 3.63) is 181 Å². The van der Waals surface area contributed by atoms with Crippen molar-refractivity contribution >= 4 is 63.8 Å². The third-order valence-corrected chi connectivity index (χ3v) is 16.8. The highest BCUT2D eigenvalue weighted by atomic mass is 32.1. The first-order valence-corrected chi connectivity index (χ1v) is 22.7. The van der Waals surface area contributed by atoms with Gasteiger partial charge in [0.15, 0.2) is 0 Å². The number of hydrogen-bond acceptors (Lipinski definition) is 1. The van der Waals surface area contributed by atoms with Crippen LogP contribution in [0.25, 0.3) is 97.0 Å². The van der Waals surface area contributed by atoms with E-state index in [1.165, 1.54) is 129 Å². The van der Waals surface area contributed by atoms with Gasteiger partial charge in [0.05, 0.1) is 0 Å². The molecule has 9 aromatic carbocycles. The standard InChI is InChI=1S/C58H42S/c1-2-10-43-37(9-1)21-25-50-51-32-40(23-26-52(51)58(57(43)50)41-28-34-27-35(30-41)31-42(58)29-34)56-48-14-5-3-12-46(48)55(47-13-4-6-15-49(47)56)38-19-17-36(18-20-38)39-22-24-45-44-11-7-8-16-53(44)59-54(45)33-39/h1-26,32-35,41-42H,27-31H2. The summed E-state index contributed by atoms with van der Waals surface area (Å²) >= 11 is 1.89. The van der Waals surface area contributed by atoms with Crippen LogP contribution in [0.4, 0.5) is 0 Å². The molecule has 5 aliphatic rings. The summed E-state index contributed by atoms with van der Waals surface area (Å²) in [4.78, 5) is 0. The third-order valence-electron chi connectivity index (χ3n) is 15.6. The number of rotatable bonds is 3. The van der Waals surface area contributed by atoms with Gasteiger partial charge in [-0.1, -0.05) is 152 Å². The fourth-order valence-electron chi connectivity index (χ4n) is 13.6. The molecular formula is C58H42S. The Morgan fingerprint density at radius 3 is 1.61 bits per heavy atom. The zero-order valence-electron chi connectivity index (χ0n) is 32.9. The van der Waals surface area contributed by atoms with Gasteiger partial charge in [0.1, 0.15) is 0 Å². The summed E-state index contributed by atoms with van der Waals surface area (Å²) in [6, 6.07) is 65.3. The summed E-state index contributed by atoms with van der Waals surface area (Å²) in [6.45, 7) is 0. The van der Waals surface area contributed by atoms with E-state index in [9.17, 15) is 0 Å². The molecule has 59 heavy (non-hydrogen) atoms. The molecule has 4 bridgehead atoms. The van der Waals surface area contributed by atoms with Gasteiger partial charge in [0.25, 0.3) is 0 Å². The zero-order valence-corrected chi connectivity index (χ0v) is 33.7. The molecule has 1 heteroatoms. The van der Waals surface area contributed by atoms with Gasteiger partial charge in [-0.25, -0.2) is 0 Å². The Morgan fingerprint density at radius 1 is 0.373 bits per heavy atom. The molecule has 1 spiro atoms.